The Labute approximate surface area is 119 Å². The van der Waals surface area contributed by atoms with Crippen molar-refractivity contribution in [1.29, 1.82) is 0 Å². The van der Waals surface area contributed by atoms with Crippen molar-refractivity contribution in [2.75, 3.05) is 0 Å². The van der Waals surface area contributed by atoms with E-state index in [1.807, 2.05) is 6.07 Å². The van der Waals surface area contributed by atoms with Gasteiger partial charge in [-0.05, 0) is 35.9 Å². The van der Waals surface area contributed by atoms with E-state index in [0.29, 0.717) is 18.0 Å². The van der Waals surface area contributed by atoms with E-state index in [0.717, 1.165) is 12.1 Å². The SMILES string of the molecule is CC(C)CCn1c(C(C)C)ccc(CC(=O)Cl)c1=O. The van der Waals surface area contributed by atoms with Crippen LogP contribution in [-0.2, 0) is 17.8 Å². The lowest BCUT2D eigenvalue weighted by Crippen LogP contribution is -2.28. The van der Waals surface area contributed by atoms with Crippen LogP contribution in [0.15, 0.2) is 16.9 Å². The van der Waals surface area contributed by atoms with Crippen LogP contribution in [0.25, 0.3) is 0 Å². The maximum atomic E-state index is 12.4. The average molecular weight is 284 g/mol. The number of aromatic nitrogens is 1. The normalized spacial score (nSPS) is 11.3. The van der Waals surface area contributed by atoms with Gasteiger partial charge in [-0.25, -0.2) is 0 Å². The molecule has 0 saturated heterocycles. The standard InChI is InChI=1S/C15H22ClNO2/c1-10(2)7-8-17-13(11(3)4)6-5-12(15(17)19)9-14(16)18/h5-6,10-11H,7-9H2,1-4H3. The Morgan fingerprint density at radius 3 is 2.37 bits per heavy atom. The molecule has 0 radical (unpaired) electrons. The van der Waals surface area contributed by atoms with Crippen molar-refractivity contribution in [1.82, 2.24) is 4.57 Å². The quantitative estimate of drug-likeness (QED) is 0.751. The van der Waals surface area contributed by atoms with E-state index in [4.69, 9.17) is 11.6 Å². The first kappa shape index (κ1) is 16.0. The van der Waals surface area contributed by atoms with Crippen molar-refractivity contribution >= 4 is 16.8 Å². The monoisotopic (exact) mass is 283 g/mol. The first-order chi connectivity index (χ1) is 8.82. The molecule has 19 heavy (non-hydrogen) atoms. The predicted molar refractivity (Wildman–Crippen MR) is 78.8 cm³/mol. The minimum Gasteiger partial charge on any atom is -0.312 e. The lowest BCUT2D eigenvalue weighted by molar-refractivity contribution is -0.111. The van der Waals surface area contributed by atoms with E-state index in [9.17, 15) is 9.59 Å². The van der Waals surface area contributed by atoms with Crippen LogP contribution in [0, 0.1) is 5.92 Å². The maximum absolute atomic E-state index is 12.4. The van der Waals surface area contributed by atoms with Crippen molar-refractivity contribution in [2.24, 2.45) is 5.92 Å². The summed E-state index contributed by atoms with van der Waals surface area (Å²) in [6.45, 7) is 9.08. The van der Waals surface area contributed by atoms with Crippen LogP contribution in [0.3, 0.4) is 0 Å². The highest BCUT2D eigenvalue weighted by atomic mass is 35.5. The minimum atomic E-state index is -0.496. The maximum Gasteiger partial charge on any atom is 0.254 e. The highest BCUT2D eigenvalue weighted by Crippen LogP contribution is 2.15. The molecule has 0 amide bonds. The predicted octanol–water partition coefficient (Wildman–Crippen LogP) is 3.33. The van der Waals surface area contributed by atoms with Gasteiger partial charge in [0.05, 0.1) is 6.42 Å². The topological polar surface area (TPSA) is 39.1 Å². The number of halogens is 1. The molecule has 0 aromatic carbocycles. The molecule has 1 rings (SSSR count). The van der Waals surface area contributed by atoms with Crippen LogP contribution >= 0.6 is 11.6 Å². The van der Waals surface area contributed by atoms with Gasteiger partial charge in [0, 0.05) is 17.8 Å². The molecule has 0 unspecified atom stereocenters. The summed E-state index contributed by atoms with van der Waals surface area (Å²) in [5, 5.41) is -0.496. The molecule has 0 atom stereocenters. The molecule has 0 bridgehead atoms. The van der Waals surface area contributed by atoms with Crippen LogP contribution in [0.1, 0.15) is 51.3 Å². The summed E-state index contributed by atoms with van der Waals surface area (Å²) in [5.41, 5.74) is 1.41. The van der Waals surface area contributed by atoms with Gasteiger partial charge in [0.25, 0.3) is 5.56 Å². The molecule has 4 heteroatoms. The molecule has 1 aromatic heterocycles. The first-order valence-electron chi connectivity index (χ1n) is 6.73. The van der Waals surface area contributed by atoms with E-state index in [1.54, 1.807) is 10.6 Å². The fraction of sp³-hybridized carbons (Fsp3) is 0.600. The summed E-state index contributed by atoms with van der Waals surface area (Å²) in [7, 11) is 0. The van der Waals surface area contributed by atoms with Crippen molar-refractivity contribution in [2.45, 2.75) is 53.0 Å². The molecule has 1 heterocycles. The molecule has 0 N–H and O–H groups in total. The van der Waals surface area contributed by atoms with Crippen LogP contribution in [0.5, 0.6) is 0 Å². The molecule has 0 aliphatic heterocycles. The molecule has 0 aliphatic rings. The largest absolute Gasteiger partial charge is 0.312 e. The molecular formula is C15H22ClNO2. The summed E-state index contributed by atoms with van der Waals surface area (Å²) in [4.78, 5) is 23.4. The zero-order chi connectivity index (χ0) is 14.6. The molecule has 0 fully saturated rings. The summed E-state index contributed by atoms with van der Waals surface area (Å²) >= 11 is 5.38. The van der Waals surface area contributed by atoms with Crippen molar-refractivity contribution in [3.63, 3.8) is 0 Å². The number of hydrogen-bond acceptors (Lipinski definition) is 2. The van der Waals surface area contributed by atoms with Crippen molar-refractivity contribution in [3.05, 3.63) is 33.7 Å². The Morgan fingerprint density at radius 1 is 1.26 bits per heavy atom. The molecule has 106 valence electrons. The van der Waals surface area contributed by atoms with Gasteiger partial charge in [-0.15, -0.1) is 0 Å². The molecule has 0 saturated carbocycles. The van der Waals surface area contributed by atoms with E-state index in [2.05, 4.69) is 27.7 Å². The summed E-state index contributed by atoms with van der Waals surface area (Å²) < 4.78 is 1.79. The molecule has 0 spiro atoms. The van der Waals surface area contributed by atoms with E-state index in [-0.39, 0.29) is 17.9 Å². The third-order valence-electron chi connectivity index (χ3n) is 3.14. The Balaban J connectivity index is 3.19. The van der Waals surface area contributed by atoms with Gasteiger partial charge in [0.1, 0.15) is 0 Å². The molecular weight excluding hydrogens is 262 g/mol. The summed E-state index contributed by atoms with van der Waals surface area (Å²) in [6.07, 6.45) is 0.943. The molecule has 1 aromatic rings. The molecule has 0 aliphatic carbocycles. The second kappa shape index (κ2) is 6.90. The van der Waals surface area contributed by atoms with Gasteiger partial charge in [-0.3, -0.25) is 9.59 Å². The lowest BCUT2D eigenvalue weighted by Gasteiger charge is -2.17. The lowest BCUT2D eigenvalue weighted by atomic mass is 10.1. The number of hydrogen-bond donors (Lipinski definition) is 0. The van der Waals surface area contributed by atoms with Gasteiger partial charge < -0.3 is 4.57 Å². The second-order valence-electron chi connectivity index (χ2n) is 5.61. The first-order valence-corrected chi connectivity index (χ1v) is 7.11. The fourth-order valence-corrected chi connectivity index (χ4v) is 2.19. The van der Waals surface area contributed by atoms with E-state index < -0.39 is 5.24 Å². The van der Waals surface area contributed by atoms with Gasteiger partial charge in [0.15, 0.2) is 0 Å². The van der Waals surface area contributed by atoms with Gasteiger partial charge in [-0.1, -0.05) is 33.8 Å². The Morgan fingerprint density at radius 2 is 1.89 bits per heavy atom. The summed E-state index contributed by atoms with van der Waals surface area (Å²) in [5.74, 6) is 0.811. The summed E-state index contributed by atoms with van der Waals surface area (Å²) in [6, 6.07) is 3.66. The number of nitrogens with zero attached hydrogens (tertiary/aromatic N) is 1. The Kier molecular flexibility index (Phi) is 5.80. The fourth-order valence-electron chi connectivity index (χ4n) is 2.04. The number of pyridine rings is 1. The van der Waals surface area contributed by atoms with E-state index >= 15 is 0 Å². The second-order valence-corrected chi connectivity index (χ2v) is 6.03. The third kappa shape index (κ3) is 4.50. The van der Waals surface area contributed by atoms with Crippen molar-refractivity contribution in [3.8, 4) is 0 Å². The Hall–Kier alpha value is -1.09. The van der Waals surface area contributed by atoms with Crippen molar-refractivity contribution < 1.29 is 4.79 Å². The minimum absolute atomic E-state index is 0.000439. The molecule has 3 nitrogen and oxygen atoms in total. The number of carbonyl (C=O) groups excluding carboxylic acids is 1. The Bertz CT molecular complexity index is 503. The smallest absolute Gasteiger partial charge is 0.254 e. The van der Waals surface area contributed by atoms with Gasteiger partial charge in [0.2, 0.25) is 5.24 Å². The van der Waals surface area contributed by atoms with Crippen LogP contribution < -0.4 is 5.56 Å². The number of carbonyl (C=O) groups is 1. The highest BCUT2D eigenvalue weighted by Gasteiger charge is 2.13. The zero-order valence-corrected chi connectivity index (χ0v) is 12.8. The van der Waals surface area contributed by atoms with Gasteiger partial charge >= 0.3 is 0 Å². The van der Waals surface area contributed by atoms with E-state index in [1.165, 1.54) is 0 Å². The highest BCUT2D eigenvalue weighted by molar-refractivity contribution is 6.63. The third-order valence-corrected chi connectivity index (χ3v) is 3.27. The van der Waals surface area contributed by atoms with Crippen LogP contribution in [0.2, 0.25) is 0 Å². The zero-order valence-electron chi connectivity index (χ0n) is 12.1. The van der Waals surface area contributed by atoms with Gasteiger partial charge in [-0.2, -0.15) is 0 Å². The van der Waals surface area contributed by atoms with Crippen LogP contribution in [0.4, 0.5) is 0 Å². The number of rotatable bonds is 6. The average Bonchev–Trinajstić information content (AvgIpc) is 2.28. The van der Waals surface area contributed by atoms with Crippen LogP contribution in [-0.4, -0.2) is 9.81 Å².